The van der Waals surface area contributed by atoms with Gasteiger partial charge in [0.25, 0.3) is 5.91 Å². The molecule has 0 bridgehead atoms. The molecule has 9 heteroatoms. The van der Waals surface area contributed by atoms with Gasteiger partial charge in [-0.3, -0.25) is 4.79 Å². The number of halogens is 4. The first kappa shape index (κ1) is 17.3. The smallest absolute Gasteiger partial charge is 0.433 e. The first-order chi connectivity index (χ1) is 11.8. The van der Waals surface area contributed by atoms with Crippen molar-refractivity contribution in [3.05, 3.63) is 46.2 Å². The zero-order chi connectivity index (χ0) is 18.2. The molecule has 0 saturated carbocycles. The summed E-state index contributed by atoms with van der Waals surface area (Å²) in [5.74, 6) is 0.257. The zero-order valence-electron chi connectivity index (χ0n) is 12.9. The van der Waals surface area contributed by atoms with Crippen molar-refractivity contribution in [2.75, 3.05) is 18.5 Å². The molecule has 0 radical (unpaired) electrons. The Balaban J connectivity index is 1.85. The molecular weight excluding hydrogens is 361 g/mol. The van der Waals surface area contributed by atoms with Gasteiger partial charge in [-0.1, -0.05) is 11.6 Å². The van der Waals surface area contributed by atoms with Crippen LogP contribution in [-0.4, -0.2) is 24.1 Å². The number of nitrogens with zero attached hydrogens (tertiary/aromatic N) is 1. The summed E-state index contributed by atoms with van der Waals surface area (Å²) < 4.78 is 48.7. The molecule has 1 aromatic heterocycles. The van der Waals surface area contributed by atoms with E-state index in [9.17, 15) is 18.0 Å². The molecule has 0 spiro atoms. The molecular formula is C16H12ClF3N2O3. The van der Waals surface area contributed by atoms with Crippen LogP contribution in [0.4, 0.5) is 18.9 Å². The molecule has 1 aliphatic heterocycles. The number of ether oxygens (including phenoxy) is 2. The topological polar surface area (TPSA) is 60.5 Å². The third-order valence-electron chi connectivity index (χ3n) is 3.50. The maximum Gasteiger partial charge on any atom is 0.433 e. The minimum atomic E-state index is -4.57. The quantitative estimate of drug-likeness (QED) is 0.862. The SMILES string of the molecule is Cc1nc(C(F)(F)F)ccc1C(=O)Nc1cc2c(cc1Cl)OCCO2. The molecule has 132 valence electrons. The van der Waals surface area contributed by atoms with Crippen LogP contribution < -0.4 is 14.8 Å². The second kappa shape index (κ2) is 6.44. The average Bonchev–Trinajstić information content (AvgIpc) is 2.54. The fourth-order valence-electron chi connectivity index (χ4n) is 2.31. The van der Waals surface area contributed by atoms with E-state index in [0.717, 1.165) is 12.1 Å². The number of hydrogen-bond donors (Lipinski definition) is 1. The van der Waals surface area contributed by atoms with Crippen molar-refractivity contribution in [2.24, 2.45) is 0 Å². The van der Waals surface area contributed by atoms with Crippen molar-refractivity contribution in [1.29, 1.82) is 0 Å². The van der Waals surface area contributed by atoms with Crippen LogP contribution in [0.2, 0.25) is 5.02 Å². The summed E-state index contributed by atoms with van der Waals surface area (Å²) in [7, 11) is 0. The lowest BCUT2D eigenvalue weighted by atomic mass is 10.1. The number of aryl methyl sites for hydroxylation is 1. The van der Waals surface area contributed by atoms with E-state index in [1.165, 1.54) is 19.1 Å². The Bertz CT molecular complexity index is 840. The standard InChI is InChI=1S/C16H12ClF3N2O3/c1-8-9(2-3-14(21-8)16(18,19)20)15(23)22-11-7-13-12(6-10(11)17)24-4-5-25-13/h2-3,6-7H,4-5H2,1H3,(H,22,23). The lowest BCUT2D eigenvalue weighted by Crippen LogP contribution is -2.18. The summed E-state index contributed by atoms with van der Waals surface area (Å²) in [6, 6.07) is 4.84. The van der Waals surface area contributed by atoms with Crippen molar-refractivity contribution in [2.45, 2.75) is 13.1 Å². The van der Waals surface area contributed by atoms with Crippen molar-refractivity contribution in [1.82, 2.24) is 4.98 Å². The molecule has 0 atom stereocenters. The van der Waals surface area contributed by atoms with E-state index < -0.39 is 17.8 Å². The van der Waals surface area contributed by atoms with E-state index in [-0.39, 0.29) is 22.0 Å². The van der Waals surface area contributed by atoms with Gasteiger partial charge in [0.15, 0.2) is 11.5 Å². The third kappa shape index (κ3) is 3.63. The van der Waals surface area contributed by atoms with E-state index in [1.54, 1.807) is 0 Å². The van der Waals surface area contributed by atoms with Gasteiger partial charge in [0.05, 0.1) is 22.0 Å². The minimum absolute atomic E-state index is 0.0129. The largest absolute Gasteiger partial charge is 0.486 e. The first-order valence-corrected chi connectivity index (χ1v) is 7.59. The minimum Gasteiger partial charge on any atom is -0.486 e. The number of nitrogens with one attached hydrogen (secondary N) is 1. The molecule has 0 saturated heterocycles. The van der Waals surface area contributed by atoms with Gasteiger partial charge in [0.1, 0.15) is 18.9 Å². The Morgan fingerprint density at radius 2 is 1.84 bits per heavy atom. The number of rotatable bonds is 2. The Morgan fingerprint density at radius 1 is 1.20 bits per heavy atom. The van der Waals surface area contributed by atoms with E-state index in [4.69, 9.17) is 21.1 Å². The van der Waals surface area contributed by atoms with Crippen LogP contribution in [0.25, 0.3) is 0 Å². The summed E-state index contributed by atoms with van der Waals surface area (Å²) in [4.78, 5) is 15.8. The summed E-state index contributed by atoms with van der Waals surface area (Å²) in [5, 5.41) is 2.77. The van der Waals surface area contributed by atoms with Gasteiger partial charge in [-0.05, 0) is 19.1 Å². The number of carbonyl (C=O) groups is 1. The van der Waals surface area contributed by atoms with Gasteiger partial charge in [0, 0.05) is 12.1 Å². The number of amides is 1. The van der Waals surface area contributed by atoms with Gasteiger partial charge in [0.2, 0.25) is 0 Å². The number of benzene rings is 1. The Hall–Kier alpha value is -2.48. The average molecular weight is 373 g/mol. The Labute approximate surface area is 145 Å². The predicted molar refractivity (Wildman–Crippen MR) is 84.4 cm³/mol. The predicted octanol–water partition coefficient (Wildman–Crippen LogP) is 4.09. The van der Waals surface area contributed by atoms with Gasteiger partial charge in [-0.15, -0.1) is 0 Å². The summed E-state index contributed by atoms with van der Waals surface area (Å²) in [6.07, 6.45) is -4.57. The number of carbonyl (C=O) groups excluding carboxylic acids is 1. The third-order valence-corrected chi connectivity index (χ3v) is 3.81. The number of pyridine rings is 1. The van der Waals surface area contributed by atoms with Crippen LogP contribution >= 0.6 is 11.6 Å². The fraction of sp³-hybridized carbons (Fsp3) is 0.250. The highest BCUT2D eigenvalue weighted by Crippen LogP contribution is 2.38. The monoisotopic (exact) mass is 372 g/mol. The number of aromatic nitrogens is 1. The van der Waals surface area contributed by atoms with Crippen LogP contribution in [-0.2, 0) is 6.18 Å². The van der Waals surface area contributed by atoms with Crippen molar-refractivity contribution in [3.8, 4) is 11.5 Å². The lowest BCUT2D eigenvalue weighted by molar-refractivity contribution is -0.141. The van der Waals surface area contributed by atoms with Crippen LogP contribution in [0.5, 0.6) is 11.5 Å². The Morgan fingerprint density at radius 3 is 2.44 bits per heavy atom. The van der Waals surface area contributed by atoms with Gasteiger partial charge in [-0.2, -0.15) is 13.2 Å². The zero-order valence-corrected chi connectivity index (χ0v) is 13.7. The molecule has 2 aromatic rings. The highest BCUT2D eigenvalue weighted by Gasteiger charge is 2.33. The number of hydrogen-bond acceptors (Lipinski definition) is 4. The van der Waals surface area contributed by atoms with Crippen LogP contribution in [0.15, 0.2) is 24.3 Å². The second-order valence-corrected chi connectivity index (χ2v) is 5.66. The number of anilines is 1. The molecule has 0 unspecified atom stereocenters. The van der Waals surface area contributed by atoms with Crippen molar-refractivity contribution >= 4 is 23.2 Å². The summed E-state index contributed by atoms with van der Waals surface area (Å²) >= 11 is 6.10. The molecule has 1 amide bonds. The molecule has 2 heterocycles. The van der Waals surface area contributed by atoms with E-state index in [0.29, 0.717) is 24.7 Å². The molecule has 1 aliphatic rings. The molecule has 3 rings (SSSR count). The normalized spacial score (nSPS) is 13.5. The molecule has 1 aromatic carbocycles. The maximum absolute atomic E-state index is 12.7. The second-order valence-electron chi connectivity index (χ2n) is 5.26. The van der Waals surface area contributed by atoms with E-state index in [2.05, 4.69) is 10.3 Å². The summed E-state index contributed by atoms with van der Waals surface area (Å²) in [6.45, 7) is 2.09. The van der Waals surface area contributed by atoms with E-state index >= 15 is 0 Å². The highest BCUT2D eigenvalue weighted by atomic mass is 35.5. The lowest BCUT2D eigenvalue weighted by Gasteiger charge is -2.20. The van der Waals surface area contributed by atoms with E-state index in [1.807, 2.05) is 0 Å². The van der Waals surface area contributed by atoms with Gasteiger partial charge >= 0.3 is 6.18 Å². The molecule has 0 fully saturated rings. The van der Waals surface area contributed by atoms with Crippen LogP contribution in [0.3, 0.4) is 0 Å². The van der Waals surface area contributed by atoms with Crippen LogP contribution in [0.1, 0.15) is 21.7 Å². The maximum atomic E-state index is 12.7. The number of fused-ring (bicyclic) bond motifs is 1. The molecule has 1 N–H and O–H groups in total. The highest BCUT2D eigenvalue weighted by molar-refractivity contribution is 6.34. The summed E-state index contributed by atoms with van der Waals surface area (Å²) in [5.41, 5.74) is -0.825. The van der Waals surface area contributed by atoms with Gasteiger partial charge in [-0.25, -0.2) is 4.98 Å². The van der Waals surface area contributed by atoms with Crippen LogP contribution in [0, 0.1) is 6.92 Å². The first-order valence-electron chi connectivity index (χ1n) is 7.21. The Kier molecular flexibility index (Phi) is 4.47. The van der Waals surface area contributed by atoms with Crippen molar-refractivity contribution < 1.29 is 27.4 Å². The fourth-order valence-corrected chi connectivity index (χ4v) is 2.51. The van der Waals surface area contributed by atoms with Gasteiger partial charge < -0.3 is 14.8 Å². The number of alkyl halides is 3. The molecule has 0 aliphatic carbocycles. The molecule has 5 nitrogen and oxygen atoms in total. The molecule has 25 heavy (non-hydrogen) atoms. The van der Waals surface area contributed by atoms with Crippen molar-refractivity contribution in [3.63, 3.8) is 0 Å².